The maximum absolute atomic E-state index is 11.2. The van der Waals surface area contributed by atoms with Crippen LogP contribution in [-0.4, -0.2) is 32.3 Å². The smallest absolute Gasteiger partial charge is 0.305 e. The van der Waals surface area contributed by atoms with Crippen LogP contribution < -0.4 is 0 Å². The second-order valence-corrected chi connectivity index (χ2v) is 4.54. The number of rotatable bonds is 7. The number of carbonyl (C=O) groups is 1. The number of aromatic nitrogens is 3. The molecule has 1 heterocycles. The van der Waals surface area contributed by atoms with Gasteiger partial charge in [-0.25, -0.2) is 4.98 Å². The number of esters is 1. The highest BCUT2D eigenvalue weighted by atomic mass is 16.6. The van der Waals surface area contributed by atoms with Crippen LogP contribution in [0.25, 0.3) is 11.4 Å². The van der Waals surface area contributed by atoms with Gasteiger partial charge >= 0.3 is 5.97 Å². The molecule has 116 valence electrons. The standard InChI is InChI=1S/C14H16N4O4/c1-2-22-13(19)4-3-9-17-10-15-14(16-17)11-5-7-12(8-6-11)18(20)21/h5-8,10H,2-4,9H2,1H3. The first-order valence-electron chi connectivity index (χ1n) is 6.90. The van der Waals surface area contributed by atoms with Crippen LogP contribution in [0.2, 0.25) is 0 Å². The second kappa shape index (κ2) is 7.30. The lowest BCUT2D eigenvalue weighted by Gasteiger charge is -2.01. The summed E-state index contributed by atoms with van der Waals surface area (Å²) in [4.78, 5) is 25.5. The molecule has 1 aromatic heterocycles. The van der Waals surface area contributed by atoms with E-state index in [1.54, 1.807) is 30.1 Å². The highest BCUT2D eigenvalue weighted by molar-refractivity contribution is 5.69. The molecule has 0 aliphatic heterocycles. The molecule has 0 unspecified atom stereocenters. The van der Waals surface area contributed by atoms with Crippen LogP contribution in [0, 0.1) is 10.1 Å². The van der Waals surface area contributed by atoms with Gasteiger partial charge in [0.2, 0.25) is 0 Å². The summed E-state index contributed by atoms with van der Waals surface area (Å²) >= 11 is 0. The molecule has 0 bridgehead atoms. The summed E-state index contributed by atoms with van der Waals surface area (Å²) in [6.07, 6.45) is 2.52. The van der Waals surface area contributed by atoms with E-state index >= 15 is 0 Å². The van der Waals surface area contributed by atoms with Crippen molar-refractivity contribution in [1.29, 1.82) is 0 Å². The SMILES string of the molecule is CCOC(=O)CCCn1cnc(-c2ccc([N+](=O)[O-])cc2)n1. The molecule has 1 aromatic carbocycles. The van der Waals surface area contributed by atoms with Crippen LogP contribution in [-0.2, 0) is 16.1 Å². The Morgan fingerprint density at radius 3 is 2.73 bits per heavy atom. The number of nitro groups is 1. The number of carbonyl (C=O) groups excluding carboxylic acids is 1. The largest absolute Gasteiger partial charge is 0.466 e. The predicted molar refractivity (Wildman–Crippen MR) is 78.0 cm³/mol. The molecule has 2 aromatic rings. The summed E-state index contributed by atoms with van der Waals surface area (Å²) in [5.41, 5.74) is 0.729. The van der Waals surface area contributed by atoms with Crippen LogP contribution in [0.4, 0.5) is 5.69 Å². The zero-order chi connectivity index (χ0) is 15.9. The molecular formula is C14H16N4O4. The summed E-state index contributed by atoms with van der Waals surface area (Å²) < 4.78 is 6.48. The topological polar surface area (TPSA) is 100 Å². The van der Waals surface area contributed by atoms with Gasteiger partial charge in [0, 0.05) is 30.7 Å². The monoisotopic (exact) mass is 304 g/mol. The Kier molecular flexibility index (Phi) is 5.18. The fourth-order valence-electron chi connectivity index (χ4n) is 1.89. The molecule has 0 radical (unpaired) electrons. The van der Waals surface area contributed by atoms with Crippen LogP contribution in [0.3, 0.4) is 0 Å². The maximum Gasteiger partial charge on any atom is 0.305 e. The van der Waals surface area contributed by atoms with Gasteiger partial charge < -0.3 is 4.74 Å². The third-order valence-corrected chi connectivity index (χ3v) is 2.95. The van der Waals surface area contributed by atoms with E-state index in [0.29, 0.717) is 37.4 Å². The summed E-state index contributed by atoms with van der Waals surface area (Å²) in [5, 5.41) is 14.9. The summed E-state index contributed by atoms with van der Waals surface area (Å²) in [6.45, 7) is 2.71. The fraction of sp³-hybridized carbons (Fsp3) is 0.357. The summed E-state index contributed by atoms with van der Waals surface area (Å²) in [5.74, 6) is 0.268. The lowest BCUT2D eigenvalue weighted by atomic mass is 10.2. The van der Waals surface area contributed by atoms with E-state index < -0.39 is 4.92 Å². The molecule has 0 N–H and O–H groups in total. The van der Waals surface area contributed by atoms with Crippen molar-refractivity contribution >= 4 is 11.7 Å². The highest BCUT2D eigenvalue weighted by Gasteiger charge is 2.09. The first-order chi connectivity index (χ1) is 10.6. The van der Waals surface area contributed by atoms with Crippen LogP contribution >= 0.6 is 0 Å². The Morgan fingerprint density at radius 2 is 2.09 bits per heavy atom. The van der Waals surface area contributed by atoms with Crippen molar-refractivity contribution in [2.24, 2.45) is 0 Å². The van der Waals surface area contributed by atoms with Crippen molar-refractivity contribution in [1.82, 2.24) is 14.8 Å². The molecule has 2 rings (SSSR count). The molecular weight excluding hydrogens is 288 g/mol. The van der Waals surface area contributed by atoms with E-state index in [2.05, 4.69) is 10.1 Å². The van der Waals surface area contributed by atoms with E-state index in [0.717, 1.165) is 0 Å². The minimum atomic E-state index is -0.453. The van der Waals surface area contributed by atoms with Gasteiger partial charge in [0.05, 0.1) is 11.5 Å². The Labute approximate surface area is 126 Å². The molecule has 0 aliphatic rings. The highest BCUT2D eigenvalue weighted by Crippen LogP contribution is 2.18. The van der Waals surface area contributed by atoms with E-state index in [9.17, 15) is 14.9 Å². The van der Waals surface area contributed by atoms with E-state index in [1.165, 1.54) is 12.1 Å². The van der Waals surface area contributed by atoms with E-state index in [-0.39, 0.29) is 11.7 Å². The molecule has 22 heavy (non-hydrogen) atoms. The van der Waals surface area contributed by atoms with Gasteiger partial charge in [0.15, 0.2) is 5.82 Å². The third-order valence-electron chi connectivity index (χ3n) is 2.95. The molecule has 0 spiro atoms. The van der Waals surface area contributed by atoms with Gasteiger partial charge in [0.25, 0.3) is 5.69 Å². The first kappa shape index (κ1) is 15.6. The van der Waals surface area contributed by atoms with Crippen molar-refractivity contribution in [3.05, 3.63) is 40.7 Å². The number of hydrogen-bond donors (Lipinski definition) is 0. The molecule has 0 atom stereocenters. The van der Waals surface area contributed by atoms with E-state index in [1.807, 2.05) is 0 Å². The Bertz CT molecular complexity index is 651. The quantitative estimate of drug-likeness (QED) is 0.441. The van der Waals surface area contributed by atoms with Crippen molar-refractivity contribution in [2.75, 3.05) is 6.61 Å². The molecule has 0 amide bonds. The number of nitro benzene ring substituents is 1. The lowest BCUT2D eigenvalue weighted by Crippen LogP contribution is -2.06. The molecule has 0 fully saturated rings. The van der Waals surface area contributed by atoms with Crippen molar-refractivity contribution in [3.63, 3.8) is 0 Å². The number of benzene rings is 1. The molecule has 8 heteroatoms. The number of non-ortho nitro benzene ring substituents is 1. The molecule has 8 nitrogen and oxygen atoms in total. The first-order valence-corrected chi connectivity index (χ1v) is 6.90. The normalized spacial score (nSPS) is 10.4. The van der Waals surface area contributed by atoms with Gasteiger partial charge in [-0.15, -0.1) is 0 Å². The lowest BCUT2D eigenvalue weighted by molar-refractivity contribution is -0.384. The average Bonchev–Trinajstić information content (AvgIpc) is 2.96. The Hall–Kier alpha value is -2.77. The van der Waals surface area contributed by atoms with Gasteiger partial charge in [0.1, 0.15) is 6.33 Å². The van der Waals surface area contributed by atoms with Gasteiger partial charge in [-0.05, 0) is 25.5 Å². The van der Waals surface area contributed by atoms with Gasteiger partial charge in [-0.3, -0.25) is 19.6 Å². The predicted octanol–water partition coefficient (Wildman–Crippen LogP) is 2.20. The number of hydrogen-bond acceptors (Lipinski definition) is 6. The Balaban J connectivity index is 1.93. The zero-order valence-corrected chi connectivity index (χ0v) is 12.1. The number of nitrogens with zero attached hydrogens (tertiary/aromatic N) is 4. The van der Waals surface area contributed by atoms with Crippen LogP contribution in [0.5, 0.6) is 0 Å². The van der Waals surface area contributed by atoms with Gasteiger partial charge in [-0.1, -0.05) is 0 Å². The summed E-state index contributed by atoms with van der Waals surface area (Å²) in [6, 6.07) is 6.04. The van der Waals surface area contributed by atoms with Crippen LogP contribution in [0.1, 0.15) is 19.8 Å². The third kappa shape index (κ3) is 4.11. The van der Waals surface area contributed by atoms with Crippen molar-refractivity contribution in [3.8, 4) is 11.4 Å². The van der Waals surface area contributed by atoms with Crippen molar-refractivity contribution < 1.29 is 14.5 Å². The summed E-state index contributed by atoms with van der Waals surface area (Å²) in [7, 11) is 0. The van der Waals surface area contributed by atoms with Crippen LogP contribution in [0.15, 0.2) is 30.6 Å². The average molecular weight is 304 g/mol. The molecule has 0 saturated heterocycles. The minimum Gasteiger partial charge on any atom is -0.466 e. The number of aryl methyl sites for hydroxylation is 1. The number of ether oxygens (including phenoxy) is 1. The van der Waals surface area contributed by atoms with Gasteiger partial charge in [-0.2, -0.15) is 5.10 Å². The maximum atomic E-state index is 11.2. The fourth-order valence-corrected chi connectivity index (χ4v) is 1.89. The molecule has 0 aliphatic carbocycles. The van der Waals surface area contributed by atoms with E-state index in [4.69, 9.17) is 4.74 Å². The minimum absolute atomic E-state index is 0.0256. The van der Waals surface area contributed by atoms with Crippen molar-refractivity contribution in [2.45, 2.75) is 26.3 Å². The molecule has 0 saturated carbocycles. The Morgan fingerprint density at radius 1 is 1.36 bits per heavy atom. The second-order valence-electron chi connectivity index (χ2n) is 4.54. The zero-order valence-electron chi connectivity index (χ0n) is 12.1.